The van der Waals surface area contributed by atoms with Crippen molar-refractivity contribution in [1.29, 1.82) is 0 Å². The van der Waals surface area contributed by atoms with Crippen LogP contribution in [0, 0.1) is 0 Å². The van der Waals surface area contributed by atoms with Crippen molar-refractivity contribution < 1.29 is 0 Å². The van der Waals surface area contributed by atoms with Gasteiger partial charge in [0.15, 0.2) is 0 Å². The van der Waals surface area contributed by atoms with E-state index in [1.807, 2.05) is 6.20 Å². The van der Waals surface area contributed by atoms with Crippen molar-refractivity contribution in [1.82, 2.24) is 10.3 Å². The molecule has 0 aliphatic carbocycles. The quantitative estimate of drug-likeness (QED) is 0.866. The second-order valence-electron chi connectivity index (χ2n) is 5.13. The average Bonchev–Trinajstić information content (AvgIpc) is 2.87. The van der Waals surface area contributed by atoms with Crippen LogP contribution in [0.5, 0.6) is 0 Å². The predicted octanol–water partition coefficient (Wildman–Crippen LogP) is 3.13. The lowest BCUT2D eigenvalue weighted by Crippen LogP contribution is -2.29. The molecule has 2 rings (SSSR count). The number of nitrogens with one attached hydrogen (secondary N) is 1. The van der Waals surface area contributed by atoms with Crippen molar-refractivity contribution >= 4 is 5.82 Å². The van der Waals surface area contributed by atoms with Gasteiger partial charge in [0, 0.05) is 24.8 Å². The van der Waals surface area contributed by atoms with Crippen molar-refractivity contribution in [2.75, 3.05) is 18.0 Å². The Labute approximate surface area is 111 Å². The SMILES string of the molecule is CCNC(C)c1ccc(N2CCCC2CC)nc1. The molecule has 3 heteroatoms. The fraction of sp³-hybridized carbons (Fsp3) is 0.667. The molecular weight excluding hydrogens is 222 g/mol. The predicted molar refractivity (Wildman–Crippen MR) is 77.0 cm³/mol. The Morgan fingerprint density at radius 1 is 1.44 bits per heavy atom. The highest BCUT2D eigenvalue weighted by atomic mass is 15.2. The second kappa shape index (κ2) is 6.19. The van der Waals surface area contributed by atoms with E-state index in [4.69, 9.17) is 0 Å². The van der Waals surface area contributed by atoms with Crippen molar-refractivity contribution in [2.24, 2.45) is 0 Å². The molecule has 3 nitrogen and oxygen atoms in total. The number of anilines is 1. The highest BCUT2D eigenvalue weighted by Crippen LogP contribution is 2.26. The van der Waals surface area contributed by atoms with Gasteiger partial charge in [-0.05, 0) is 44.4 Å². The molecule has 1 aliphatic rings. The maximum Gasteiger partial charge on any atom is 0.128 e. The van der Waals surface area contributed by atoms with Gasteiger partial charge in [-0.1, -0.05) is 19.9 Å². The summed E-state index contributed by atoms with van der Waals surface area (Å²) < 4.78 is 0. The van der Waals surface area contributed by atoms with Crippen LogP contribution in [0.2, 0.25) is 0 Å². The number of hydrogen-bond donors (Lipinski definition) is 1. The second-order valence-corrected chi connectivity index (χ2v) is 5.13. The summed E-state index contributed by atoms with van der Waals surface area (Å²) in [4.78, 5) is 7.11. The molecule has 18 heavy (non-hydrogen) atoms. The monoisotopic (exact) mass is 247 g/mol. The van der Waals surface area contributed by atoms with Crippen molar-refractivity contribution in [2.45, 2.75) is 52.1 Å². The van der Waals surface area contributed by atoms with Gasteiger partial charge in [-0.3, -0.25) is 0 Å². The lowest BCUT2D eigenvalue weighted by atomic mass is 10.1. The van der Waals surface area contributed by atoms with Gasteiger partial charge in [0.05, 0.1) is 0 Å². The van der Waals surface area contributed by atoms with E-state index in [-0.39, 0.29) is 0 Å². The van der Waals surface area contributed by atoms with E-state index < -0.39 is 0 Å². The fourth-order valence-corrected chi connectivity index (χ4v) is 2.81. The zero-order valence-electron chi connectivity index (χ0n) is 11.8. The molecule has 0 bridgehead atoms. The molecule has 2 heterocycles. The van der Waals surface area contributed by atoms with Gasteiger partial charge in [-0.15, -0.1) is 0 Å². The first-order valence-corrected chi connectivity index (χ1v) is 7.22. The van der Waals surface area contributed by atoms with Gasteiger partial charge in [0.25, 0.3) is 0 Å². The molecule has 1 aliphatic heterocycles. The highest BCUT2D eigenvalue weighted by Gasteiger charge is 2.23. The molecule has 1 aromatic rings. The summed E-state index contributed by atoms with van der Waals surface area (Å²) in [6.45, 7) is 8.74. The minimum absolute atomic E-state index is 0.386. The minimum atomic E-state index is 0.386. The molecule has 0 radical (unpaired) electrons. The van der Waals surface area contributed by atoms with Crippen LogP contribution in [-0.4, -0.2) is 24.1 Å². The maximum atomic E-state index is 4.65. The van der Waals surface area contributed by atoms with Crippen LogP contribution in [0.1, 0.15) is 51.6 Å². The van der Waals surface area contributed by atoms with Gasteiger partial charge in [-0.2, -0.15) is 0 Å². The normalized spacial score (nSPS) is 21.3. The van der Waals surface area contributed by atoms with E-state index in [9.17, 15) is 0 Å². The van der Waals surface area contributed by atoms with Gasteiger partial charge in [-0.25, -0.2) is 4.98 Å². The smallest absolute Gasteiger partial charge is 0.128 e. The molecule has 2 unspecified atom stereocenters. The van der Waals surface area contributed by atoms with Crippen LogP contribution in [0.15, 0.2) is 18.3 Å². The Bertz CT molecular complexity index is 361. The van der Waals surface area contributed by atoms with Crippen molar-refractivity contribution in [3.63, 3.8) is 0 Å². The van der Waals surface area contributed by atoms with Crippen LogP contribution >= 0.6 is 0 Å². The topological polar surface area (TPSA) is 28.2 Å². The Morgan fingerprint density at radius 2 is 2.28 bits per heavy atom. The summed E-state index contributed by atoms with van der Waals surface area (Å²) in [7, 11) is 0. The first-order valence-electron chi connectivity index (χ1n) is 7.22. The van der Waals surface area contributed by atoms with Gasteiger partial charge >= 0.3 is 0 Å². The third kappa shape index (κ3) is 2.83. The van der Waals surface area contributed by atoms with Crippen LogP contribution in [-0.2, 0) is 0 Å². The van der Waals surface area contributed by atoms with Gasteiger partial charge < -0.3 is 10.2 Å². The van der Waals surface area contributed by atoms with E-state index in [0.29, 0.717) is 12.1 Å². The van der Waals surface area contributed by atoms with Crippen LogP contribution in [0.3, 0.4) is 0 Å². The highest BCUT2D eigenvalue weighted by molar-refractivity contribution is 5.42. The number of rotatable bonds is 5. The van der Waals surface area contributed by atoms with E-state index >= 15 is 0 Å². The average molecular weight is 247 g/mol. The number of pyridine rings is 1. The summed E-state index contributed by atoms with van der Waals surface area (Å²) in [5.74, 6) is 1.15. The molecule has 1 fully saturated rings. The summed E-state index contributed by atoms with van der Waals surface area (Å²) in [5, 5.41) is 3.42. The van der Waals surface area contributed by atoms with E-state index in [1.165, 1.54) is 24.8 Å². The molecule has 2 atom stereocenters. The number of nitrogens with zero attached hydrogens (tertiary/aromatic N) is 2. The standard InChI is InChI=1S/C15H25N3/c1-4-14-7-6-10-18(14)15-9-8-13(11-17-15)12(3)16-5-2/h8-9,11-12,14,16H,4-7,10H2,1-3H3. The number of aromatic nitrogens is 1. The molecule has 1 N–H and O–H groups in total. The summed E-state index contributed by atoms with van der Waals surface area (Å²) >= 11 is 0. The zero-order valence-corrected chi connectivity index (χ0v) is 11.8. The van der Waals surface area contributed by atoms with Crippen LogP contribution in [0.4, 0.5) is 5.82 Å². The largest absolute Gasteiger partial charge is 0.354 e. The summed E-state index contributed by atoms with van der Waals surface area (Å²) in [5.41, 5.74) is 1.27. The molecule has 1 saturated heterocycles. The Kier molecular flexibility index (Phi) is 4.59. The minimum Gasteiger partial charge on any atom is -0.354 e. The molecule has 0 aromatic carbocycles. The Balaban J connectivity index is 2.07. The first-order chi connectivity index (χ1) is 8.76. The Hall–Kier alpha value is -1.09. The summed E-state index contributed by atoms with van der Waals surface area (Å²) in [6.07, 6.45) is 5.86. The fourth-order valence-electron chi connectivity index (χ4n) is 2.81. The lowest BCUT2D eigenvalue weighted by molar-refractivity contribution is 0.595. The third-order valence-corrected chi connectivity index (χ3v) is 3.92. The van der Waals surface area contributed by atoms with E-state index in [0.717, 1.165) is 18.9 Å². The first kappa shape index (κ1) is 13.3. The molecular formula is C15H25N3. The molecule has 100 valence electrons. The van der Waals surface area contributed by atoms with Crippen molar-refractivity contribution in [3.05, 3.63) is 23.9 Å². The maximum absolute atomic E-state index is 4.65. The van der Waals surface area contributed by atoms with Crippen LogP contribution in [0.25, 0.3) is 0 Å². The summed E-state index contributed by atoms with van der Waals surface area (Å²) in [6, 6.07) is 5.46. The molecule has 0 saturated carbocycles. The zero-order chi connectivity index (χ0) is 13.0. The Morgan fingerprint density at radius 3 is 2.89 bits per heavy atom. The number of hydrogen-bond acceptors (Lipinski definition) is 3. The van der Waals surface area contributed by atoms with E-state index in [2.05, 4.69) is 48.1 Å². The molecule has 0 spiro atoms. The molecule has 1 aromatic heterocycles. The van der Waals surface area contributed by atoms with Gasteiger partial charge in [0.2, 0.25) is 0 Å². The third-order valence-electron chi connectivity index (χ3n) is 3.92. The van der Waals surface area contributed by atoms with E-state index in [1.54, 1.807) is 0 Å². The van der Waals surface area contributed by atoms with Gasteiger partial charge in [0.1, 0.15) is 5.82 Å². The lowest BCUT2D eigenvalue weighted by Gasteiger charge is -2.25. The van der Waals surface area contributed by atoms with Crippen molar-refractivity contribution in [3.8, 4) is 0 Å². The molecule has 0 amide bonds. The van der Waals surface area contributed by atoms with Crippen LogP contribution < -0.4 is 10.2 Å².